The minimum atomic E-state index is -2.48. The van der Waals surface area contributed by atoms with Crippen LogP contribution in [-0.2, 0) is 23.4 Å². The van der Waals surface area contributed by atoms with Crippen molar-refractivity contribution < 1.29 is 23.1 Å². The molecule has 1 aromatic heterocycles. The van der Waals surface area contributed by atoms with Gasteiger partial charge in [-0.1, -0.05) is 107 Å². The summed E-state index contributed by atoms with van der Waals surface area (Å²) in [7, 11) is -7.08. The molecule has 1 fully saturated rings. The molecule has 2 aromatic rings. The highest BCUT2D eigenvalue weighted by Crippen LogP contribution is 2.46. The van der Waals surface area contributed by atoms with Gasteiger partial charge in [0.1, 0.15) is 24.4 Å². The number of aromatic amines is 1. The molecular weight excluding hydrogens is 681 g/mol. The van der Waals surface area contributed by atoms with E-state index in [2.05, 4.69) is 127 Å². The van der Waals surface area contributed by atoms with E-state index in [1.807, 2.05) is 24.3 Å². The van der Waals surface area contributed by atoms with Crippen LogP contribution in [0.1, 0.15) is 112 Å². The molecule has 0 spiro atoms. The molecule has 1 aliphatic rings. The van der Waals surface area contributed by atoms with Gasteiger partial charge in [-0.15, -0.1) is 0 Å². The summed E-state index contributed by atoms with van der Waals surface area (Å²) >= 11 is 0. The average Bonchev–Trinajstić information content (AvgIpc) is 3.24. The predicted molar refractivity (Wildman–Crippen MR) is 212 cm³/mol. The summed E-state index contributed by atoms with van der Waals surface area (Å²) in [5.41, 5.74) is 0.350. The molecule has 1 saturated heterocycles. The van der Waals surface area contributed by atoms with Crippen LogP contribution in [0.2, 0.25) is 54.4 Å². The van der Waals surface area contributed by atoms with Gasteiger partial charge < -0.3 is 23.1 Å². The SMILES string of the molecule is CC(C)(C)c1ccc(C(O)c2cn([C@@H]3O[C@H](CO[Si](C)(C)C(C)(C)C)[C@@H](O[Si](C)(C)C(C)(C)C)[C@H]3O[Si](C)(C)C(C)(C)C)c(=O)[nH]c2=O)cc1. The summed E-state index contributed by atoms with van der Waals surface area (Å²) in [4.78, 5) is 29.5. The highest BCUT2D eigenvalue weighted by Gasteiger charge is 2.55. The molecule has 0 aliphatic carbocycles. The fourth-order valence-electron chi connectivity index (χ4n) is 5.10. The van der Waals surface area contributed by atoms with Gasteiger partial charge in [0.15, 0.2) is 31.2 Å². The van der Waals surface area contributed by atoms with Crippen molar-refractivity contribution in [3.63, 3.8) is 0 Å². The number of aliphatic hydroxyl groups is 1. The molecule has 284 valence electrons. The molecular formula is C38H68N2O7Si3. The number of aliphatic hydroxyl groups excluding tert-OH is 1. The highest BCUT2D eigenvalue weighted by atomic mass is 28.4. The van der Waals surface area contributed by atoms with Crippen LogP contribution in [0.3, 0.4) is 0 Å². The van der Waals surface area contributed by atoms with Gasteiger partial charge in [0.2, 0.25) is 0 Å². The number of ether oxygens (including phenoxy) is 1. The van der Waals surface area contributed by atoms with E-state index in [0.717, 1.165) is 5.56 Å². The molecule has 0 radical (unpaired) electrons. The van der Waals surface area contributed by atoms with Gasteiger partial charge in [0.25, 0.3) is 5.56 Å². The number of hydrogen-bond acceptors (Lipinski definition) is 7. The Balaban J connectivity index is 2.22. The van der Waals surface area contributed by atoms with E-state index in [0.29, 0.717) is 5.56 Å². The van der Waals surface area contributed by atoms with Crippen molar-refractivity contribution in [1.82, 2.24) is 9.55 Å². The van der Waals surface area contributed by atoms with Crippen molar-refractivity contribution in [2.75, 3.05) is 6.61 Å². The predicted octanol–water partition coefficient (Wildman–Crippen LogP) is 8.62. The van der Waals surface area contributed by atoms with Crippen LogP contribution in [0.25, 0.3) is 0 Å². The third-order valence-corrected chi connectivity index (χ3v) is 25.3. The number of hydrogen-bond donors (Lipinski definition) is 2. The molecule has 3 rings (SSSR count). The highest BCUT2D eigenvalue weighted by molar-refractivity contribution is 6.75. The van der Waals surface area contributed by atoms with Crippen LogP contribution < -0.4 is 11.2 Å². The number of rotatable bonds is 10. The molecule has 2 heterocycles. The van der Waals surface area contributed by atoms with Crippen LogP contribution in [0.15, 0.2) is 40.1 Å². The van der Waals surface area contributed by atoms with E-state index in [-0.39, 0.29) is 32.7 Å². The number of aromatic nitrogens is 2. The van der Waals surface area contributed by atoms with Gasteiger partial charge in [-0.2, -0.15) is 0 Å². The van der Waals surface area contributed by atoms with E-state index >= 15 is 0 Å². The minimum absolute atomic E-state index is 0.0240. The third kappa shape index (κ3) is 9.28. The first-order chi connectivity index (χ1) is 22.3. The molecule has 0 bridgehead atoms. The molecule has 12 heteroatoms. The van der Waals surface area contributed by atoms with E-state index in [4.69, 9.17) is 18.0 Å². The quantitative estimate of drug-likeness (QED) is 0.234. The Kier molecular flexibility index (Phi) is 12.2. The van der Waals surface area contributed by atoms with Gasteiger partial charge in [0.05, 0.1) is 12.2 Å². The lowest BCUT2D eigenvalue weighted by atomic mass is 9.86. The fourth-order valence-corrected chi connectivity index (χ4v) is 8.72. The Morgan fingerprint density at radius 2 is 1.22 bits per heavy atom. The molecule has 1 aromatic carbocycles. The van der Waals surface area contributed by atoms with Crippen LogP contribution in [0, 0.1) is 0 Å². The molecule has 0 amide bonds. The normalized spacial score (nSPS) is 22.2. The standard InChI is InChI=1S/C38H68N2O7Si3/c1-35(2,3)26-21-19-25(20-22-26)29(41)27-23-40(34(43)39-32(27)42)33-31(47-50(17,18)38(10,11)12)30(46-49(15,16)37(7,8)9)28(45-33)24-44-48(13,14)36(4,5)6/h19-23,28-31,33,41H,24H2,1-18H3,(H,39,42,43)/t28-,29?,30-,31-,33-/m1/s1. The summed E-state index contributed by atoms with van der Waals surface area (Å²) in [6.07, 6.45) is -2.54. The number of H-pyrrole nitrogens is 1. The van der Waals surface area contributed by atoms with Crippen molar-refractivity contribution in [3.05, 3.63) is 68.0 Å². The smallest absolute Gasteiger partial charge is 0.330 e. The number of nitrogens with zero attached hydrogens (tertiary/aromatic N) is 1. The van der Waals surface area contributed by atoms with Gasteiger partial charge in [-0.25, -0.2) is 4.79 Å². The largest absolute Gasteiger partial charge is 0.414 e. The zero-order valence-electron chi connectivity index (χ0n) is 34.3. The Labute approximate surface area is 304 Å². The summed E-state index contributed by atoms with van der Waals surface area (Å²) in [5, 5.41) is 11.3. The first kappa shape index (κ1) is 42.8. The zero-order chi connectivity index (χ0) is 38.6. The maximum atomic E-state index is 13.8. The first-order valence-electron chi connectivity index (χ1n) is 18.1. The second kappa shape index (κ2) is 14.3. The molecule has 1 unspecified atom stereocenters. The topological polar surface area (TPSA) is 112 Å². The second-order valence-corrected chi connectivity index (χ2v) is 34.2. The van der Waals surface area contributed by atoms with Crippen LogP contribution in [0.4, 0.5) is 0 Å². The van der Waals surface area contributed by atoms with E-state index < -0.39 is 66.8 Å². The molecule has 2 N–H and O–H groups in total. The fraction of sp³-hybridized carbons (Fsp3) is 0.737. The lowest BCUT2D eigenvalue weighted by molar-refractivity contribution is -0.0513. The summed E-state index contributed by atoms with van der Waals surface area (Å²) in [5.74, 6) is 0. The Bertz CT molecular complexity index is 1590. The monoisotopic (exact) mass is 748 g/mol. The average molecular weight is 749 g/mol. The summed E-state index contributed by atoms with van der Waals surface area (Å²) < 4.78 is 29.4. The number of nitrogens with one attached hydrogen (secondary N) is 1. The third-order valence-electron chi connectivity index (χ3n) is 11.8. The molecule has 9 nitrogen and oxygen atoms in total. The first-order valence-corrected chi connectivity index (χ1v) is 26.8. The zero-order valence-corrected chi connectivity index (χ0v) is 37.3. The molecule has 50 heavy (non-hydrogen) atoms. The van der Waals surface area contributed by atoms with Gasteiger partial charge >= 0.3 is 5.69 Å². The second-order valence-electron chi connectivity index (χ2n) is 19.8. The Morgan fingerprint density at radius 1 is 0.760 bits per heavy atom. The Morgan fingerprint density at radius 3 is 1.66 bits per heavy atom. The van der Waals surface area contributed by atoms with Crippen molar-refractivity contribution >= 4 is 25.0 Å². The van der Waals surface area contributed by atoms with Crippen molar-refractivity contribution in [1.29, 1.82) is 0 Å². The molecule has 1 aliphatic heterocycles. The lowest BCUT2D eigenvalue weighted by Crippen LogP contribution is -2.55. The van der Waals surface area contributed by atoms with Crippen molar-refractivity contribution in [2.24, 2.45) is 0 Å². The van der Waals surface area contributed by atoms with Crippen LogP contribution >= 0.6 is 0 Å². The van der Waals surface area contributed by atoms with E-state index in [9.17, 15) is 14.7 Å². The van der Waals surface area contributed by atoms with Gasteiger partial charge in [0, 0.05) is 6.20 Å². The van der Waals surface area contributed by atoms with Crippen LogP contribution in [-0.4, -0.2) is 64.5 Å². The van der Waals surface area contributed by atoms with Gasteiger partial charge in [-0.3, -0.25) is 14.3 Å². The van der Waals surface area contributed by atoms with Crippen molar-refractivity contribution in [3.8, 4) is 0 Å². The Hall–Kier alpha value is -1.65. The summed E-state index contributed by atoms with van der Waals surface area (Å²) in [6, 6.07) is 7.57. The van der Waals surface area contributed by atoms with E-state index in [1.54, 1.807) is 0 Å². The molecule has 0 saturated carbocycles. The number of benzene rings is 1. The minimum Gasteiger partial charge on any atom is -0.414 e. The van der Waals surface area contributed by atoms with Gasteiger partial charge in [-0.05, 0) is 70.9 Å². The van der Waals surface area contributed by atoms with Crippen molar-refractivity contribution in [2.45, 2.75) is 174 Å². The van der Waals surface area contributed by atoms with E-state index in [1.165, 1.54) is 10.8 Å². The maximum absolute atomic E-state index is 13.8. The van der Waals surface area contributed by atoms with Crippen LogP contribution in [0.5, 0.6) is 0 Å². The summed E-state index contributed by atoms with van der Waals surface area (Å²) in [6.45, 7) is 39.6. The molecule has 5 atom stereocenters. The maximum Gasteiger partial charge on any atom is 0.330 e. The lowest BCUT2D eigenvalue weighted by Gasteiger charge is -2.44.